The summed E-state index contributed by atoms with van der Waals surface area (Å²) in [5.41, 5.74) is 8.21. The second kappa shape index (κ2) is 9.30. The van der Waals surface area contributed by atoms with Gasteiger partial charge in [0.25, 0.3) is 0 Å². The highest BCUT2D eigenvalue weighted by Gasteiger charge is 2.26. The van der Waals surface area contributed by atoms with Crippen molar-refractivity contribution in [3.05, 3.63) is 60.2 Å². The molecule has 0 spiro atoms. The van der Waals surface area contributed by atoms with Crippen molar-refractivity contribution in [2.45, 2.75) is 38.8 Å². The number of para-hydroxylation sites is 1. The zero-order chi connectivity index (χ0) is 16.7. The van der Waals surface area contributed by atoms with Gasteiger partial charge < -0.3 is 16.4 Å². The zero-order valence-electron chi connectivity index (χ0n) is 14.2. The minimum Gasteiger partial charge on any atom is -0.381 e. The Bertz CT molecular complexity index is 627. The van der Waals surface area contributed by atoms with Gasteiger partial charge in [0.1, 0.15) is 0 Å². The van der Waals surface area contributed by atoms with Gasteiger partial charge in [-0.1, -0.05) is 43.7 Å². The molecule has 130 valence electrons. The summed E-state index contributed by atoms with van der Waals surface area (Å²) in [4.78, 5) is 12.2. The topological polar surface area (TPSA) is 67.2 Å². The van der Waals surface area contributed by atoms with Crippen molar-refractivity contribution in [2.75, 3.05) is 10.6 Å². The average molecular weight is 348 g/mol. The minimum absolute atomic E-state index is 0. The number of carbonyl (C=O) groups excluding carboxylic acids is 1. The van der Waals surface area contributed by atoms with Crippen LogP contribution in [0, 0.1) is 0 Å². The highest BCUT2D eigenvalue weighted by atomic mass is 35.5. The van der Waals surface area contributed by atoms with E-state index in [0.29, 0.717) is 6.42 Å². The molecule has 0 aromatic heterocycles. The molecule has 0 aliphatic carbocycles. The maximum absolute atomic E-state index is 12.2. The van der Waals surface area contributed by atoms with Crippen LogP contribution < -0.4 is 16.4 Å². The highest BCUT2D eigenvalue weighted by molar-refractivity contribution is 5.97. The first-order chi connectivity index (χ1) is 11.0. The van der Waals surface area contributed by atoms with Crippen LogP contribution in [0.5, 0.6) is 0 Å². The second-order valence-electron chi connectivity index (χ2n) is 6.04. The van der Waals surface area contributed by atoms with Gasteiger partial charge in [0.15, 0.2) is 0 Å². The number of rotatable bonds is 7. The summed E-state index contributed by atoms with van der Waals surface area (Å²) in [5.74, 6) is -0.144. The van der Waals surface area contributed by atoms with Gasteiger partial charge in [-0.3, -0.25) is 4.79 Å². The fourth-order valence-electron chi connectivity index (χ4n) is 2.37. The Hall–Kier alpha value is -2.04. The summed E-state index contributed by atoms with van der Waals surface area (Å²) < 4.78 is 0. The van der Waals surface area contributed by atoms with Gasteiger partial charge >= 0.3 is 0 Å². The molecule has 0 radical (unpaired) electrons. The lowest BCUT2D eigenvalue weighted by Gasteiger charge is -2.22. The van der Waals surface area contributed by atoms with Crippen LogP contribution in [0.2, 0.25) is 0 Å². The Balaban J connectivity index is 0.00000288. The largest absolute Gasteiger partial charge is 0.381 e. The van der Waals surface area contributed by atoms with Crippen molar-refractivity contribution >= 4 is 29.7 Å². The first kappa shape index (κ1) is 20.0. The van der Waals surface area contributed by atoms with E-state index in [2.05, 4.69) is 10.6 Å². The lowest BCUT2D eigenvalue weighted by Crippen LogP contribution is -2.48. The van der Waals surface area contributed by atoms with E-state index in [9.17, 15) is 4.79 Å². The molecule has 0 saturated carbocycles. The van der Waals surface area contributed by atoms with E-state index in [1.165, 1.54) is 0 Å². The minimum atomic E-state index is -0.831. The maximum Gasteiger partial charge on any atom is 0.244 e. The fraction of sp³-hybridized carbons (Fsp3) is 0.316. The van der Waals surface area contributed by atoms with Crippen LogP contribution in [0.1, 0.15) is 32.3 Å². The molecule has 0 heterocycles. The number of anilines is 2. The predicted molar refractivity (Wildman–Crippen MR) is 104 cm³/mol. The SMILES string of the molecule is CCCC(C)(N)C(=O)Nc1ccc(CNc2ccccc2)cc1.Cl. The van der Waals surface area contributed by atoms with Gasteiger partial charge in [0.2, 0.25) is 5.91 Å². The van der Waals surface area contributed by atoms with Crippen LogP contribution in [-0.2, 0) is 11.3 Å². The van der Waals surface area contributed by atoms with Crippen LogP contribution in [0.3, 0.4) is 0 Å². The third-order valence-electron chi connectivity index (χ3n) is 3.77. The molecule has 0 fully saturated rings. The maximum atomic E-state index is 12.2. The van der Waals surface area contributed by atoms with E-state index < -0.39 is 5.54 Å². The molecule has 2 rings (SSSR count). The molecule has 1 atom stereocenters. The number of nitrogens with one attached hydrogen (secondary N) is 2. The lowest BCUT2D eigenvalue weighted by molar-refractivity contribution is -0.120. The van der Waals surface area contributed by atoms with E-state index in [1.807, 2.05) is 61.5 Å². The Kier molecular flexibility index (Phi) is 7.75. The predicted octanol–water partition coefficient (Wildman–Crippen LogP) is 4.18. The smallest absolute Gasteiger partial charge is 0.244 e. The molecular weight excluding hydrogens is 322 g/mol. The molecule has 4 N–H and O–H groups in total. The number of carbonyl (C=O) groups is 1. The monoisotopic (exact) mass is 347 g/mol. The Morgan fingerprint density at radius 1 is 1.04 bits per heavy atom. The van der Waals surface area contributed by atoms with Gasteiger partial charge in [0.05, 0.1) is 5.54 Å². The van der Waals surface area contributed by atoms with Crippen LogP contribution in [0.15, 0.2) is 54.6 Å². The number of amides is 1. The van der Waals surface area contributed by atoms with Crippen LogP contribution in [-0.4, -0.2) is 11.4 Å². The number of halogens is 1. The Labute approximate surface area is 150 Å². The molecule has 24 heavy (non-hydrogen) atoms. The van der Waals surface area contributed by atoms with Crippen LogP contribution >= 0.6 is 12.4 Å². The van der Waals surface area contributed by atoms with Crippen molar-refractivity contribution in [3.8, 4) is 0 Å². The van der Waals surface area contributed by atoms with Gasteiger partial charge in [-0.2, -0.15) is 0 Å². The second-order valence-corrected chi connectivity index (χ2v) is 6.04. The van der Waals surface area contributed by atoms with Crippen molar-refractivity contribution < 1.29 is 4.79 Å². The molecule has 2 aromatic rings. The van der Waals surface area contributed by atoms with Gasteiger partial charge in [0, 0.05) is 17.9 Å². The lowest BCUT2D eigenvalue weighted by atomic mass is 9.96. The molecule has 0 aliphatic heterocycles. The van der Waals surface area contributed by atoms with Gasteiger partial charge in [-0.05, 0) is 43.2 Å². The molecule has 4 nitrogen and oxygen atoms in total. The van der Waals surface area contributed by atoms with E-state index in [0.717, 1.165) is 29.9 Å². The summed E-state index contributed by atoms with van der Waals surface area (Å²) in [6.45, 7) is 4.53. The highest BCUT2D eigenvalue weighted by Crippen LogP contribution is 2.15. The summed E-state index contributed by atoms with van der Waals surface area (Å²) in [5, 5.41) is 6.24. The van der Waals surface area contributed by atoms with E-state index in [1.54, 1.807) is 6.92 Å². The van der Waals surface area contributed by atoms with E-state index in [-0.39, 0.29) is 18.3 Å². The normalized spacial score (nSPS) is 12.6. The molecular formula is C19H26ClN3O. The zero-order valence-corrected chi connectivity index (χ0v) is 15.0. The Morgan fingerprint density at radius 3 is 2.25 bits per heavy atom. The molecule has 1 amide bonds. The van der Waals surface area contributed by atoms with E-state index in [4.69, 9.17) is 5.73 Å². The number of hydrogen-bond acceptors (Lipinski definition) is 3. The summed E-state index contributed by atoms with van der Waals surface area (Å²) in [6.07, 6.45) is 1.54. The molecule has 0 saturated heterocycles. The third kappa shape index (κ3) is 5.87. The van der Waals surface area contributed by atoms with Crippen molar-refractivity contribution in [1.82, 2.24) is 0 Å². The summed E-state index contributed by atoms with van der Waals surface area (Å²) in [6, 6.07) is 17.9. The fourth-order valence-corrected chi connectivity index (χ4v) is 2.37. The van der Waals surface area contributed by atoms with Crippen LogP contribution in [0.25, 0.3) is 0 Å². The third-order valence-corrected chi connectivity index (χ3v) is 3.77. The Morgan fingerprint density at radius 2 is 1.67 bits per heavy atom. The molecule has 2 aromatic carbocycles. The van der Waals surface area contributed by atoms with Crippen molar-refractivity contribution in [1.29, 1.82) is 0 Å². The van der Waals surface area contributed by atoms with Crippen molar-refractivity contribution in [3.63, 3.8) is 0 Å². The number of nitrogens with two attached hydrogens (primary N) is 1. The first-order valence-corrected chi connectivity index (χ1v) is 7.99. The van der Waals surface area contributed by atoms with Gasteiger partial charge in [-0.25, -0.2) is 0 Å². The first-order valence-electron chi connectivity index (χ1n) is 7.99. The summed E-state index contributed by atoms with van der Waals surface area (Å²) in [7, 11) is 0. The number of hydrogen-bond donors (Lipinski definition) is 3. The van der Waals surface area contributed by atoms with Crippen molar-refractivity contribution in [2.24, 2.45) is 5.73 Å². The molecule has 0 aliphatic rings. The van der Waals surface area contributed by atoms with Gasteiger partial charge in [-0.15, -0.1) is 12.4 Å². The molecule has 5 heteroatoms. The van der Waals surface area contributed by atoms with Crippen LogP contribution in [0.4, 0.5) is 11.4 Å². The molecule has 0 bridgehead atoms. The van der Waals surface area contributed by atoms with E-state index >= 15 is 0 Å². The quantitative estimate of drug-likeness (QED) is 0.704. The number of benzene rings is 2. The molecule has 1 unspecified atom stereocenters. The summed E-state index contributed by atoms with van der Waals surface area (Å²) >= 11 is 0. The standard InChI is InChI=1S/C19H25N3O.ClH/c1-3-13-19(2,20)18(23)22-17-11-9-15(10-12-17)14-21-16-7-5-4-6-8-16;/h4-12,21H,3,13-14,20H2,1-2H3,(H,22,23);1H. The average Bonchev–Trinajstić information content (AvgIpc) is 2.55.